The normalized spacial score (nSPS) is 13.3. The Morgan fingerprint density at radius 1 is 1.21 bits per heavy atom. The van der Waals surface area contributed by atoms with Gasteiger partial charge in [0.05, 0.1) is 0 Å². The third-order valence-corrected chi connectivity index (χ3v) is 4.57. The number of benzene rings is 1. The molecule has 0 aliphatic heterocycles. The Labute approximate surface area is 121 Å². The molecule has 104 valence electrons. The van der Waals surface area contributed by atoms with Crippen LogP contribution >= 0.6 is 11.3 Å². The van der Waals surface area contributed by atoms with Crippen LogP contribution in [0.1, 0.15) is 32.8 Å². The highest BCUT2D eigenvalue weighted by molar-refractivity contribution is 7.17. The second-order valence-corrected chi connectivity index (χ2v) is 6.68. The summed E-state index contributed by atoms with van der Waals surface area (Å²) in [6.45, 7) is 9.04. The van der Waals surface area contributed by atoms with Crippen molar-refractivity contribution in [3.8, 4) is 0 Å². The van der Waals surface area contributed by atoms with Gasteiger partial charge < -0.3 is 5.32 Å². The van der Waals surface area contributed by atoms with E-state index in [-0.39, 0.29) is 0 Å². The molecule has 0 radical (unpaired) electrons. The molecule has 0 bridgehead atoms. The van der Waals surface area contributed by atoms with Crippen molar-refractivity contribution in [2.75, 3.05) is 13.1 Å². The molecule has 1 nitrogen and oxygen atoms in total. The van der Waals surface area contributed by atoms with Crippen molar-refractivity contribution < 1.29 is 0 Å². The van der Waals surface area contributed by atoms with Gasteiger partial charge in [0.2, 0.25) is 0 Å². The number of fused-ring (bicyclic) bond motifs is 1. The lowest BCUT2D eigenvalue weighted by atomic mass is 9.90. The Kier molecular flexibility index (Phi) is 5.41. The van der Waals surface area contributed by atoms with Crippen LogP contribution in [0.5, 0.6) is 0 Å². The molecule has 1 unspecified atom stereocenters. The van der Waals surface area contributed by atoms with Crippen molar-refractivity contribution in [1.82, 2.24) is 5.32 Å². The van der Waals surface area contributed by atoms with Gasteiger partial charge >= 0.3 is 0 Å². The molecule has 0 aliphatic rings. The van der Waals surface area contributed by atoms with Crippen LogP contribution in [0.25, 0.3) is 10.1 Å². The molecule has 2 heteroatoms. The van der Waals surface area contributed by atoms with Crippen molar-refractivity contribution in [2.24, 2.45) is 11.8 Å². The molecule has 0 fully saturated rings. The summed E-state index contributed by atoms with van der Waals surface area (Å²) in [5.41, 5.74) is 1.53. The summed E-state index contributed by atoms with van der Waals surface area (Å²) in [4.78, 5) is 0. The van der Waals surface area contributed by atoms with E-state index in [9.17, 15) is 0 Å². The molecule has 1 heterocycles. The van der Waals surface area contributed by atoms with Gasteiger partial charge in [0, 0.05) is 4.70 Å². The zero-order valence-electron chi connectivity index (χ0n) is 12.3. The fraction of sp³-hybridized carbons (Fsp3) is 0.529. The Morgan fingerprint density at radius 3 is 2.74 bits per heavy atom. The topological polar surface area (TPSA) is 12.0 Å². The van der Waals surface area contributed by atoms with Crippen LogP contribution in [-0.4, -0.2) is 13.1 Å². The molecule has 0 saturated heterocycles. The van der Waals surface area contributed by atoms with Crippen molar-refractivity contribution in [2.45, 2.75) is 33.6 Å². The smallest absolute Gasteiger partial charge is 0.0345 e. The number of nitrogens with one attached hydrogen (secondary N) is 1. The minimum Gasteiger partial charge on any atom is -0.317 e. The van der Waals surface area contributed by atoms with E-state index in [1.165, 1.54) is 28.5 Å². The van der Waals surface area contributed by atoms with Crippen molar-refractivity contribution in [3.63, 3.8) is 0 Å². The standard InChI is InChI=1S/C17H25NS/c1-4-18-11-14(9-13(2)3)10-15-12-19-17-8-6-5-7-16(15)17/h5-8,12-14,18H,4,9-11H2,1-3H3. The molecule has 2 rings (SSSR count). The SMILES string of the molecule is CCNCC(Cc1csc2ccccc12)CC(C)C. The number of hydrogen-bond donors (Lipinski definition) is 1. The molecule has 1 N–H and O–H groups in total. The van der Waals surface area contributed by atoms with Crippen LogP contribution in [0.15, 0.2) is 29.6 Å². The summed E-state index contributed by atoms with van der Waals surface area (Å²) in [6.07, 6.45) is 2.51. The van der Waals surface area contributed by atoms with Crippen molar-refractivity contribution in [3.05, 3.63) is 35.2 Å². The van der Waals surface area contributed by atoms with Gasteiger partial charge in [0.15, 0.2) is 0 Å². The Morgan fingerprint density at radius 2 is 2.00 bits per heavy atom. The lowest BCUT2D eigenvalue weighted by Crippen LogP contribution is -2.25. The first kappa shape index (κ1) is 14.5. The summed E-state index contributed by atoms with van der Waals surface area (Å²) < 4.78 is 1.42. The molecule has 1 aromatic heterocycles. The summed E-state index contributed by atoms with van der Waals surface area (Å²) in [5.74, 6) is 1.52. The van der Waals surface area contributed by atoms with Crippen LogP contribution in [0, 0.1) is 11.8 Å². The first-order valence-electron chi connectivity index (χ1n) is 7.36. The number of hydrogen-bond acceptors (Lipinski definition) is 2. The van der Waals surface area contributed by atoms with E-state index in [2.05, 4.69) is 55.7 Å². The molecule has 19 heavy (non-hydrogen) atoms. The van der Waals surface area contributed by atoms with Crippen LogP contribution in [0.3, 0.4) is 0 Å². The van der Waals surface area contributed by atoms with Gasteiger partial charge in [0.1, 0.15) is 0 Å². The quantitative estimate of drug-likeness (QED) is 0.771. The van der Waals surface area contributed by atoms with Gasteiger partial charge in [0.25, 0.3) is 0 Å². The zero-order valence-corrected chi connectivity index (χ0v) is 13.1. The third kappa shape index (κ3) is 4.05. The monoisotopic (exact) mass is 275 g/mol. The van der Waals surface area contributed by atoms with E-state index in [0.717, 1.165) is 24.9 Å². The summed E-state index contributed by atoms with van der Waals surface area (Å²) >= 11 is 1.88. The van der Waals surface area contributed by atoms with Crippen LogP contribution in [-0.2, 0) is 6.42 Å². The van der Waals surface area contributed by atoms with E-state index >= 15 is 0 Å². The number of rotatable bonds is 7. The Hall–Kier alpha value is -0.860. The highest BCUT2D eigenvalue weighted by Gasteiger charge is 2.14. The molecule has 1 atom stereocenters. The minimum absolute atomic E-state index is 0.748. The van der Waals surface area contributed by atoms with Crippen molar-refractivity contribution in [1.29, 1.82) is 0 Å². The van der Waals surface area contributed by atoms with E-state index in [1.54, 1.807) is 0 Å². The Bertz CT molecular complexity index is 501. The summed E-state index contributed by atoms with van der Waals surface area (Å²) in [7, 11) is 0. The third-order valence-electron chi connectivity index (χ3n) is 3.56. The predicted octanol–water partition coefficient (Wildman–Crippen LogP) is 4.72. The second-order valence-electron chi connectivity index (χ2n) is 5.76. The maximum atomic E-state index is 3.52. The molecule has 0 aliphatic carbocycles. The summed E-state index contributed by atoms with van der Waals surface area (Å²) in [6, 6.07) is 8.78. The average Bonchev–Trinajstić information content (AvgIpc) is 2.79. The van der Waals surface area contributed by atoms with Gasteiger partial charge in [-0.1, -0.05) is 39.0 Å². The largest absolute Gasteiger partial charge is 0.317 e. The maximum Gasteiger partial charge on any atom is 0.0345 e. The molecule has 2 aromatic rings. The fourth-order valence-electron chi connectivity index (χ4n) is 2.76. The first-order chi connectivity index (χ1) is 9.20. The van der Waals surface area contributed by atoms with Gasteiger partial charge in [-0.2, -0.15) is 0 Å². The molecule has 0 amide bonds. The maximum absolute atomic E-state index is 3.52. The zero-order chi connectivity index (χ0) is 13.7. The van der Waals surface area contributed by atoms with E-state index in [1.807, 2.05) is 11.3 Å². The number of thiophene rings is 1. The molecular weight excluding hydrogens is 250 g/mol. The first-order valence-corrected chi connectivity index (χ1v) is 8.24. The molecular formula is C17H25NS. The van der Waals surface area contributed by atoms with Crippen molar-refractivity contribution >= 4 is 21.4 Å². The minimum atomic E-state index is 0.748. The van der Waals surface area contributed by atoms with Crippen LogP contribution in [0.2, 0.25) is 0 Å². The fourth-order valence-corrected chi connectivity index (χ4v) is 3.73. The summed E-state index contributed by atoms with van der Waals surface area (Å²) in [5, 5.41) is 7.32. The predicted molar refractivity (Wildman–Crippen MR) is 87.0 cm³/mol. The van der Waals surface area contributed by atoms with E-state index < -0.39 is 0 Å². The van der Waals surface area contributed by atoms with Crippen LogP contribution < -0.4 is 5.32 Å². The van der Waals surface area contributed by atoms with Gasteiger partial charge in [-0.15, -0.1) is 11.3 Å². The van der Waals surface area contributed by atoms with Gasteiger partial charge in [-0.3, -0.25) is 0 Å². The lowest BCUT2D eigenvalue weighted by molar-refractivity contribution is 0.389. The second kappa shape index (κ2) is 7.06. The highest BCUT2D eigenvalue weighted by Crippen LogP contribution is 2.28. The van der Waals surface area contributed by atoms with Crippen LogP contribution in [0.4, 0.5) is 0 Å². The molecule has 1 aromatic carbocycles. The van der Waals surface area contributed by atoms with E-state index in [4.69, 9.17) is 0 Å². The molecule has 0 saturated carbocycles. The Balaban J connectivity index is 2.11. The van der Waals surface area contributed by atoms with E-state index in [0.29, 0.717) is 0 Å². The average molecular weight is 275 g/mol. The highest BCUT2D eigenvalue weighted by atomic mass is 32.1. The van der Waals surface area contributed by atoms with Gasteiger partial charge in [-0.05, 0) is 60.2 Å². The van der Waals surface area contributed by atoms with Gasteiger partial charge in [-0.25, -0.2) is 0 Å². The lowest BCUT2D eigenvalue weighted by Gasteiger charge is -2.19. The molecule has 0 spiro atoms.